The van der Waals surface area contributed by atoms with Crippen LogP contribution in [0.3, 0.4) is 0 Å². The van der Waals surface area contributed by atoms with Gasteiger partial charge in [-0.2, -0.15) is 0 Å². The topological polar surface area (TPSA) is 43.8 Å². The Bertz CT molecular complexity index is 256. The number of amides is 1. The summed E-state index contributed by atoms with van der Waals surface area (Å²) in [5.74, 6) is 0.0638. The average molecular weight is 224 g/mol. The quantitative estimate of drug-likeness (QED) is 0.658. The van der Waals surface area contributed by atoms with Gasteiger partial charge in [-0.1, -0.05) is 12.2 Å². The van der Waals surface area contributed by atoms with Gasteiger partial charge in [0, 0.05) is 26.2 Å². The van der Waals surface area contributed by atoms with Gasteiger partial charge in [0.15, 0.2) is 0 Å². The number of hydrogen-bond acceptors (Lipinski definition) is 3. The van der Waals surface area contributed by atoms with Gasteiger partial charge in [0.25, 0.3) is 0 Å². The molecule has 1 heterocycles. The fourth-order valence-electron chi connectivity index (χ4n) is 1.84. The first-order valence-electron chi connectivity index (χ1n) is 5.57. The smallest absolute Gasteiger partial charge is 0.237 e. The molecule has 0 aliphatic carbocycles. The van der Waals surface area contributed by atoms with Crippen LogP contribution in [0.4, 0.5) is 0 Å². The van der Waals surface area contributed by atoms with Crippen LogP contribution in [0.25, 0.3) is 0 Å². The van der Waals surface area contributed by atoms with E-state index in [0.717, 1.165) is 13.0 Å². The lowest BCUT2D eigenvalue weighted by atomic mass is 10.3. The molecule has 0 unspecified atom stereocenters. The van der Waals surface area contributed by atoms with E-state index in [9.17, 15) is 9.90 Å². The van der Waals surface area contributed by atoms with Crippen molar-refractivity contribution in [1.29, 1.82) is 0 Å². The molecule has 1 atom stereocenters. The second-order valence-electron chi connectivity index (χ2n) is 4.05. The van der Waals surface area contributed by atoms with Gasteiger partial charge in [0.05, 0.1) is 12.6 Å². The summed E-state index contributed by atoms with van der Waals surface area (Å²) in [5, 5.41) is 9.36. The first-order chi connectivity index (χ1) is 7.67. The van der Waals surface area contributed by atoms with Crippen molar-refractivity contribution < 1.29 is 9.90 Å². The molecule has 1 aliphatic rings. The monoisotopic (exact) mass is 224 g/mol. The maximum Gasteiger partial charge on any atom is 0.237 e. The summed E-state index contributed by atoms with van der Waals surface area (Å²) in [6.07, 6.45) is 3.90. The first-order valence-corrected chi connectivity index (χ1v) is 5.57. The zero-order chi connectivity index (χ0) is 12.0. The largest absolute Gasteiger partial charge is 0.392 e. The third kappa shape index (κ3) is 3.79. The Morgan fingerprint density at radius 1 is 1.44 bits per heavy atom. The Kier molecular flexibility index (Phi) is 5.22. The van der Waals surface area contributed by atoms with Gasteiger partial charge in [-0.25, -0.2) is 0 Å². The van der Waals surface area contributed by atoms with Crippen LogP contribution in [0.1, 0.15) is 6.42 Å². The Hall–Kier alpha value is -1.13. The van der Waals surface area contributed by atoms with Gasteiger partial charge in [-0.15, -0.1) is 13.2 Å². The van der Waals surface area contributed by atoms with Gasteiger partial charge in [0.1, 0.15) is 0 Å². The Balaban J connectivity index is 2.41. The van der Waals surface area contributed by atoms with E-state index in [2.05, 4.69) is 13.2 Å². The standard InChI is InChI=1S/C12H20N2O2/c1-3-6-14(7-4-2)12(16)10-13-8-5-11(15)9-13/h3-4,11,15H,1-2,5-10H2/t11-/m1/s1. The third-order valence-corrected chi connectivity index (χ3v) is 2.66. The number of β-amino-alcohol motifs (C(OH)–C–C–N with tert-alkyl or cyclic N) is 1. The molecular weight excluding hydrogens is 204 g/mol. The minimum Gasteiger partial charge on any atom is -0.392 e. The van der Waals surface area contributed by atoms with Crippen LogP contribution in [0.5, 0.6) is 0 Å². The fourth-order valence-corrected chi connectivity index (χ4v) is 1.84. The van der Waals surface area contributed by atoms with Gasteiger partial charge in [0.2, 0.25) is 5.91 Å². The molecule has 1 amide bonds. The summed E-state index contributed by atoms with van der Waals surface area (Å²) in [6, 6.07) is 0. The molecule has 0 spiro atoms. The van der Waals surface area contributed by atoms with Crippen LogP contribution >= 0.6 is 0 Å². The molecule has 0 aromatic heterocycles. The summed E-state index contributed by atoms with van der Waals surface area (Å²) in [4.78, 5) is 15.6. The molecule has 0 aromatic carbocycles. The van der Waals surface area contributed by atoms with Crippen molar-refractivity contribution in [1.82, 2.24) is 9.80 Å². The molecule has 1 aliphatic heterocycles. The molecule has 0 aromatic rings. The molecule has 4 nitrogen and oxygen atoms in total. The Labute approximate surface area is 96.8 Å². The average Bonchev–Trinajstić information content (AvgIpc) is 2.63. The summed E-state index contributed by atoms with van der Waals surface area (Å²) in [6.45, 7) is 10.1. The number of carbonyl (C=O) groups excluding carboxylic acids is 1. The third-order valence-electron chi connectivity index (χ3n) is 2.66. The molecule has 0 bridgehead atoms. The van der Waals surface area contributed by atoms with Crippen molar-refractivity contribution in [2.75, 3.05) is 32.7 Å². The van der Waals surface area contributed by atoms with Crippen LogP contribution < -0.4 is 0 Å². The number of nitrogens with zero attached hydrogens (tertiary/aromatic N) is 2. The first kappa shape index (κ1) is 12.9. The van der Waals surface area contributed by atoms with E-state index in [1.165, 1.54) is 0 Å². The van der Waals surface area contributed by atoms with E-state index in [0.29, 0.717) is 26.2 Å². The van der Waals surface area contributed by atoms with Crippen molar-refractivity contribution in [2.24, 2.45) is 0 Å². The summed E-state index contributed by atoms with van der Waals surface area (Å²) >= 11 is 0. The van der Waals surface area contributed by atoms with E-state index in [-0.39, 0.29) is 12.0 Å². The second kappa shape index (κ2) is 6.45. The number of aliphatic hydroxyl groups is 1. The Morgan fingerprint density at radius 2 is 2.06 bits per heavy atom. The number of carbonyl (C=O) groups is 1. The van der Waals surface area contributed by atoms with E-state index in [1.54, 1.807) is 17.1 Å². The number of likely N-dealkylation sites (tertiary alicyclic amines) is 1. The molecule has 1 saturated heterocycles. The number of hydrogen-bond donors (Lipinski definition) is 1. The molecule has 0 radical (unpaired) electrons. The highest BCUT2D eigenvalue weighted by atomic mass is 16.3. The lowest BCUT2D eigenvalue weighted by molar-refractivity contribution is -0.131. The van der Waals surface area contributed by atoms with E-state index in [1.807, 2.05) is 4.90 Å². The maximum atomic E-state index is 11.9. The summed E-state index contributed by atoms with van der Waals surface area (Å²) < 4.78 is 0. The van der Waals surface area contributed by atoms with Crippen molar-refractivity contribution in [3.05, 3.63) is 25.3 Å². The molecular formula is C12H20N2O2. The minimum atomic E-state index is -0.278. The van der Waals surface area contributed by atoms with Crippen LogP contribution in [0.15, 0.2) is 25.3 Å². The highest BCUT2D eigenvalue weighted by Crippen LogP contribution is 2.08. The van der Waals surface area contributed by atoms with E-state index >= 15 is 0 Å². The molecule has 1 rings (SSSR count). The van der Waals surface area contributed by atoms with Crippen LogP contribution in [0, 0.1) is 0 Å². The van der Waals surface area contributed by atoms with Gasteiger partial charge in [-0.3, -0.25) is 9.69 Å². The van der Waals surface area contributed by atoms with Crippen molar-refractivity contribution in [3.63, 3.8) is 0 Å². The van der Waals surface area contributed by atoms with Crippen molar-refractivity contribution in [2.45, 2.75) is 12.5 Å². The zero-order valence-corrected chi connectivity index (χ0v) is 9.64. The highest BCUT2D eigenvalue weighted by molar-refractivity contribution is 5.78. The van der Waals surface area contributed by atoms with Crippen LogP contribution in [-0.2, 0) is 4.79 Å². The second-order valence-corrected chi connectivity index (χ2v) is 4.05. The fraction of sp³-hybridized carbons (Fsp3) is 0.583. The SMILES string of the molecule is C=CCN(CC=C)C(=O)CN1CC[C@@H](O)C1. The van der Waals surface area contributed by atoms with Gasteiger partial charge >= 0.3 is 0 Å². The zero-order valence-electron chi connectivity index (χ0n) is 9.64. The number of aliphatic hydroxyl groups excluding tert-OH is 1. The van der Waals surface area contributed by atoms with Crippen molar-refractivity contribution in [3.8, 4) is 0 Å². The lowest BCUT2D eigenvalue weighted by Crippen LogP contribution is -2.40. The lowest BCUT2D eigenvalue weighted by Gasteiger charge is -2.22. The summed E-state index contributed by atoms with van der Waals surface area (Å²) in [5.41, 5.74) is 0. The van der Waals surface area contributed by atoms with Crippen molar-refractivity contribution >= 4 is 5.91 Å². The van der Waals surface area contributed by atoms with E-state index < -0.39 is 0 Å². The molecule has 90 valence electrons. The molecule has 1 N–H and O–H groups in total. The molecule has 16 heavy (non-hydrogen) atoms. The van der Waals surface area contributed by atoms with Gasteiger partial charge < -0.3 is 10.0 Å². The number of rotatable bonds is 6. The predicted molar refractivity (Wildman–Crippen MR) is 64.0 cm³/mol. The van der Waals surface area contributed by atoms with E-state index in [4.69, 9.17) is 0 Å². The van der Waals surface area contributed by atoms with Gasteiger partial charge in [-0.05, 0) is 6.42 Å². The minimum absolute atomic E-state index is 0.0638. The summed E-state index contributed by atoms with van der Waals surface area (Å²) in [7, 11) is 0. The predicted octanol–water partition coefficient (Wildman–Crippen LogP) is 0.254. The Morgan fingerprint density at radius 3 is 2.50 bits per heavy atom. The normalized spacial score (nSPS) is 20.7. The highest BCUT2D eigenvalue weighted by Gasteiger charge is 2.23. The van der Waals surface area contributed by atoms with Crippen LogP contribution in [0.2, 0.25) is 0 Å². The molecule has 1 fully saturated rings. The maximum absolute atomic E-state index is 11.9. The molecule has 0 saturated carbocycles. The molecule has 4 heteroatoms. The van der Waals surface area contributed by atoms with Crippen LogP contribution in [-0.4, -0.2) is 59.6 Å².